The molecule has 0 saturated heterocycles. The third-order valence-corrected chi connectivity index (χ3v) is 1.93. The van der Waals surface area contributed by atoms with Crippen molar-refractivity contribution in [2.45, 2.75) is 6.92 Å². The van der Waals surface area contributed by atoms with Crippen molar-refractivity contribution in [2.24, 2.45) is 0 Å². The number of hydrogen-bond acceptors (Lipinski definition) is 1. The Bertz CT molecular complexity index is 381. The molecular weight excluding hydrogens is 165 g/mol. The standard InChI is InChI=1S/C12H10N.Li/c1-10-7-8-12(9-13-10)11-5-3-2-4-6-11;/h2-8H,1H3;/q-1;+1. The normalized spacial score (nSPS) is 9.21. The molecule has 14 heavy (non-hydrogen) atoms. The number of rotatable bonds is 1. The van der Waals surface area contributed by atoms with Crippen molar-refractivity contribution in [1.29, 1.82) is 0 Å². The number of hydrogen-bond donors (Lipinski definition) is 0. The van der Waals surface area contributed by atoms with E-state index in [0.717, 1.165) is 16.8 Å². The average molecular weight is 175 g/mol. The molecule has 1 nitrogen and oxygen atoms in total. The number of pyridine rings is 1. The molecule has 2 rings (SSSR count). The Kier molecular flexibility index (Phi) is 3.94. The SMILES string of the molecule is Cc1ccc(-c2ccccc2)[c-]n1.[Li+]. The van der Waals surface area contributed by atoms with Crippen molar-refractivity contribution >= 4 is 0 Å². The monoisotopic (exact) mass is 175 g/mol. The van der Waals surface area contributed by atoms with E-state index in [2.05, 4.69) is 23.3 Å². The van der Waals surface area contributed by atoms with E-state index in [4.69, 9.17) is 0 Å². The van der Waals surface area contributed by atoms with Crippen molar-refractivity contribution in [1.82, 2.24) is 4.98 Å². The van der Waals surface area contributed by atoms with Crippen molar-refractivity contribution < 1.29 is 18.9 Å². The summed E-state index contributed by atoms with van der Waals surface area (Å²) < 4.78 is 0. The van der Waals surface area contributed by atoms with Gasteiger partial charge < -0.3 is 4.98 Å². The molecular formula is C12H10LiN. The maximum atomic E-state index is 4.13. The number of benzene rings is 1. The Morgan fingerprint density at radius 3 is 2.29 bits per heavy atom. The van der Waals surface area contributed by atoms with Crippen LogP contribution in [0, 0.1) is 13.1 Å². The third-order valence-electron chi connectivity index (χ3n) is 1.93. The smallest absolute Gasteiger partial charge is 0.357 e. The van der Waals surface area contributed by atoms with Crippen LogP contribution in [0.5, 0.6) is 0 Å². The molecule has 0 amide bonds. The first-order valence-electron chi connectivity index (χ1n) is 4.27. The van der Waals surface area contributed by atoms with Crippen LogP contribution in [0.4, 0.5) is 0 Å². The average Bonchev–Trinajstić information content (AvgIpc) is 2.20. The largest absolute Gasteiger partial charge is 1.00 e. The molecule has 0 aliphatic carbocycles. The van der Waals surface area contributed by atoms with Crippen LogP contribution in [0.1, 0.15) is 5.69 Å². The summed E-state index contributed by atoms with van der Waals surface area (Å²) in [5.74, 6) is 0. The zero-order valence-electron chi connectivity index (χ0n) is 8.49. The molecule has 0 N–H and O–H groups in total. The van der Waals surface area contributed by atoms with E-state index in [1.54, 1.807) is 0 Å². The second kappa shape index (κ2) is 5.00. The Morgan fingerprint density at radius 2 is 1.71 bits per heavy atom. The molecule has 0 spiro atoms. The van der Waals surface area contributed by atoms with E-state index in [0.29, 0.717) is 0 Å². The van der Waals surface area contributed by atoms with Crippen LogP contribution < -0.4 is 18.9 Å². The number of aromatic nitrogens is 1. The van der Waals surface area contributed by atoms with Gasteiger partial charge in [-0.25, -0.2) is 0 Å². The second-order valence-electron chi connectivity index (χ2n) is 2.98. The Hall–Kier alpha value is -1.03. The summed E-state index contributed by atoms with van der Waals surface area (Å²) in [7, 11) is 0. The Morgan fingerprint density at radius 1 is 1.00 bits per heavy atom. The number of nitrogens with zero attached hydrogens (tertiary/aromatic N) is 1. The molecule has 0 saturated carbocycles. The van der Waals surface area contributed by atoms with E-state index >= 15 is 0 Å². The molecule has 64 valence electrons. The van der Waals surface area contributed by atoms with Crippen LogP contribution in [-0.4, -0.2) is 4.98 Å². The van der Waals surface area contributed by atoms with Crippen LogP contribution in [-0.2, 0) is 0 Å². The fourth-order valence-electron chi connectivity index (χ4n) is 1.21. The van der Waals surface area contributed by atoms with Crippen molar-refractivity contribution in [3.8, 4) is 11.1 Å². The summed E-state index contributed by atoms with van der Waals surface area (Å²) in [5.41, 5.74) is 3.21. The first-order valence-corrected chi connectivity index (χ1v) is 4.27. The molecule has 2 aromatic rings. The molecule has 0 unspecified atom stereocenters. The second-order valence-corrected chi connectivity index (χ2v) is 2.98. The molecule has 0 fully saturated rings. The fourth-order valence-corrected chi connectivity index (χ4v) is 1.21. The van der Waals surface area contributed by atoms with Gasteiger partial charge >= 0.3 is 18.9 Å². The molecule has 1 heterocycles. The van der Waals surface area contributed by atoms with Crippen LogP contribution >= 0.6 is 0 Å². The third kappa shape index (κ3) is 2.48. The van der Waals surface area contributed by atoms with Crippen molar-refractivity contribution in [3.05, 3.63) is 54.4 Å². The molecule has 0 bridgehead atoms. The minimum atomic E-state index is 0. The van der Waals surface area contributed by atoms with Gasteiger partial charge in [0.15, 0.2) is 0 Å². The van der Waals surface area contributed by atoms with Gasteiger partial charge in [0.1, 0.15) is 0 Å². The first-order chi connectivity index (χ1) is 6.36. The predicted octanol–water partition coefficient (Wildman–Crippen LogP) is -0.139. The topological polar surface area (TPSA) is 12.9 Å². The molecule has 0 aliphatic heterocycles. The minimum Gasteiger partial charge on any atom is -0.357 e. The summed E-state index contributed by atoms with van der Waals surface area (Å²) in [6, 6.07) is 14.2. The van der Waals surface area contributed by atoms with Crippen LogP contribution in [0.15, 0.2) is 42.5 Å². The van der Waals surface area contributed by atoms with E-state index in [1.165, 1.54) is 0 Å². The van der Waals surface area contributed by atoms with E-state index in [1.807, 2.05) is 37.3 Å². The molecule has 0 atom stereocenters. The van der Waals surface area contributed by atoms with Gasteiger partial charge in [-0.2, -0.15) is 0 Å². The van der Waals surface area contributed by atoms with Crippen molar-refractivity contribution in [2.75, 3.05) is 0 Å². The van der Waals surface area contributed by atoms with Crippen LogP contribution in [0.2, 0.25) is 0 Å². The van der Waals surface area contributed by atoms with Gasteiger partial charge in [0.05, 0.1) is 0 Å². The number of aryl methyl sites for hydroxylation is 1. The maximum Gasteiger partial charge on any atom is 1.00 e. The zero-order chi connectivity index (χ0) is 9.10. The van der Waals surface area contributed by atoms with Gasteiger partial charge in [0, 0.05) is 0 Å². The summed E-state index contributed by atoms with van der Waals surface area (Å²) in [5, 5.41) is 0. The Labute approximate surface area is 96.4 Å². The molecule has 0 radical (unpaired) electrons. The summed E-state index contributed by atoms with van der Waals surface area (Å²) in [6.07, 6.45) is 3.00. The van der Waals surface area contributed by atoms with Gasteiger partial charge in [-0.3, -0.25) is 0 Å². The summed E-state index contributed by atoms with van der Waals surface area (Å²) >= 11 is 0. The Balaban J connectivity index is 0.000000980. The molecule has 1 aromatic carbocycles. The van der Waals surface area contributed by atoms with Gasteiger partial charge in [0.25, 0.3) is 0 Å². The van der Waals surface area contributed by atoms with Crippen LogP contribution in [0.25, 0.3) is 11.1 Å². The van der Waals surface area contributed by atoms with E-state index in [9.17, 15) is 0 Å². The van der Waals surface area contributed by atoms with Gasteiger partial charge in [-0.15, -0.1) is 17.7 Å². The van der Waals surface area contributed by atoms with Gasteiger partial charge in [0.2, 0.25) is 0 Å². The van der Waals surface area contributed by atoms with Gasteiger partial charge in [-0.05, 0) is 11.9 Å². The fraction of sp³-hybridized carbons (Fsp3) is 0.0833. The van der Waals surface area contributed by atoms with Crippen LogP contribution in [0.3, 0.4) is 0 Å². The minimum absolute atomic E-state index is 0. The summed E-state index contributed by atoms with van der Waals surface area (Å²) in [6.45, 7) is 1.96. The molecule has 2 heteroatoms. The zero-order valence-corrected chi connectivity index (χ0v) is 8.49. The first kappa shape index (κ1) is 11.0. The quantitative estimate of drug-likeness (QED) is 0.434. The summed E-state index contributed by atoms with van der Waals surface area (Å²) in [4.78, 5) is 4.13. The predicted molar refractivity (Wildman–Crippen MR) is 53.2 cm³/mol. The van der Waals surface area contributed by atoms with Gasteiger partial charge in [-0.1, -0.05) is 42.8 Å². The molecule has 1 aromatic heterocycles. The van der Waals surface area contributed by atoms with E-state index < -0.39 is 0 Å². The van der Waals surface area contributed by atoms with Crippen molar-refractivity contribution in [3.63, 3.8) is 0 Å². The van der Waals surface area contributed by atoms with E-state index in [-0.39, 0.29) is 18.9 Å². The molecule has 0 aliphatic rings. The maximum absolute atomic E-state index is 4.13.